The zero-order valence-corrected chi connectivity index (χ0v) is 12.0. The van der Waals surface area contributed by atoms with Gasteiger partial charge in [-0.25, -0.2) is 9.78 Å². The molecule has 5 heteroatoms. The number of aliphatic hydroxyl groups excluding tert-OH is 1. The highest BCUT2D eigenvalue weighted by molar-refractivity contribution is 5.48. The van der Waals surface area contributed by atoms with Crippen LogP contribution in [0.15, 0.2) is 35.4 Å². The van der Waals surface area contributed by atoms with Crippen molar-refractivity contribution >= 4 is 0 Å². The molecular weight excluding hydrogens is 268 g/mol. The van der Waals surface area contributed by atoms with Crippen molar-refractivity contribution in [2.24, 2.45) is 0 Å². The van der Waals surface area contributed by atoms with Gasteiger partial charge in [0.2, 0.25) is 0 Å². The molecule has 0 radical (unpaired) electrons. The van der Waals surface area contributed by atoms with Crippen molar-refractivity contribution in [2.75, 3.05) is 13.7 Å². The van der Waals surface area contributed by atoms with Gasteiger partial charge in [0.15, 0.2) is 0 Å². The molecule has 0 spiro atoms. The molecule has 1 aromatic carbocycles. The highest BCUT2D eigenvalue weighted by atomic mass is 16.5. The third-order valence-electron chi connectivity index (χ3n) is 2.90. The van der Waals surface area contributed by atoms with E-state index in [-0.39, 0.29) is 12.3 Å². The Kier molecular flexibility index (Phi) is 4.75. The fourth-order valence-corrected chi connectivity index (χ4v) is 1.96. The minimum Gasteiger partial charge on any atom is -0.495 e. The van der Waals surface area contributed by atoms with Gasteiger partial charge in [0.1, 0.15) is 12.4 Å². The molecule has 0 unspecified atom stereocenters. The standard InChI is InChI=1S/C16H16N2O3/c1-12-9-17-16(20)18(10-12)11-13-5-6-15(21-2)14(8-13)4-3-7-19/h5-6,8-10,19H,7,11H2,1-2H3. The molecule has 108 valence electrons. The molecule has 0 saturated carbocycles. The summed E-state index contributed by atoms with van der Waals surface area (Å²) in [6.07, 6.45) is 3.31. The number of ether oxygens (including phenoxy) is 1. The van der Waals surface area contributed by atoms with E-state index in [0.717, 1.165) is 11.1 Å². The molecule has 1 N–H and O–H groups in total. The van der Waals surface area contributed by atoms with Gasteiger partial charge in [-0.2, -0.15) is 0 Å². The number of aryl methyl sites for hydroxylation is 1. The van der Waals surface area contributed by atoms with Gasteiger partial charge in [-0.3, -0.25) is 4.57 Å². The topological polar surface area (TPSA) is 64.4 Å². The van der Waals surface area contributed by atoms with E-state index in [1.165, 1.54) is 0 Å². The lowest BCUT2D eigenvalue weighted by Gasteiger charge is -2.09. The van der Waals surface area contributed by atoms with Gasteiger partial charge in [-0.05, 0) is 30.2 Å². The quantitative estimate of drug-likeness (QED) is 0.852. The largest absolute Gasteiger partial charge is 0.495 e. The Morgan fingerprint density at radius 2 is 2.24 bits per heavy atom. The summed E-state index contributed by atoms with van der Waals surface area (Å²) in [5.41, 5.74) is 2.22. The van der Waals surface area contributed by atoms with Crippen LogP contribution in [0.5, 0.6) is 5.75 Å². The summed E-state index contributed by atoms with van der Waals surface area (Å²) in [6, 6.07) is 5.51. The highest BCUT2D eigenvalue weighted by Gasteiger charge is 2.04. The average Bonchev–Trinajstić information content (AvgIpc) is 2.49. The predicted molar refractivity (Wildman–Crippen MR) is 79.3 cm³/mol. The zero-order chi connectivity index (χ0) is 15.2. The molecule has 1 aromatic heterocycles. The number of benzene rings is 1. The normalized spacial score (nSPS) is 9.86. The third-order valence-corrected chi connectivity index (χ3v) is 2.90. The van der Waals surface area contributed by atoms with Crippen LogP contribution in [0, 0.1) is 18.8 Å². The van der Waals surface area contributed by atoms with Crippen molar-refractivity contribution in [3.8, 4) is 17.6 Å². The van der Waals surface area contributed by atoms with Crippen molar-refractivity contribution in [3.05, 3.63) is 57.8 Å². The van der Waals surface area contributed by atoms with Crippen LogP contribution >= 0.6 is 0 Å². The lowest BCUT2D eigenvalue weighted by Crippen LogP contribution is -2.22. The van der Waals surface area contributed by atoms with Gasteiger partial charge in [0, 0.05) is 12.4 Å². The SMILES string of the molecule is COc1ccc(Cn2cc(C)cnc2=O)cc1C#CCO. The average molecular weight is 284 g/mol. The number of hydrogen-bond donors (Lipinski definition) is 1. The summed E-state index contributed by atoms with van der Waals surface area (Å²) in [5, 5.41) is 8.79. The van der Waals surface area contributed by atoms with E-state index in [2.05, 4.69) is 16.8 Å². The number of aliphatic hydroxyl groups is 1. The maximum absolute atomic E-state index is 11.7. The second-order valence-electron chi connectivity index (χ2n) is 4.54. The van der Waals surface area contributed by atoms with Crippen LogP contribution < -0.4 is 10.4 Å². The summed E-state index contributed by atoms with van der Waals surface area (Å²) in [6.45, 7) is 2.08. The van der Waals surface area contributed by atoms with E-state index in [9.17, 15) is 4.79 Å². The first-order valence-electron chi connectivity index (χ1n) is 6.44. The molecule has 0 aliphatic carbocycles. The number of hydrogen-bond acceptors (Lipinski definition) is 4. The minimum absolute atomic E-state index is 0.214. The molecule has 0 fully saturated rings. The Morgan fingerprint density at radius 3 is 2.95 bits per heavy atom. The molecule has 5 nitrogen and oxygen atoms in total. The van der Waals surface area contributed by atoms with Crippen LogP contribution in [0.3, 0.4) is 0 Å². The Hall–Kier alpha value is -2.58. The smallest absolute Gasteiger partial charge is 0.347 e. The molecule has 0 aliphatic rings. The molecule has 21 heavy (non-hydrogen) atoms. The summed E-state index contributed by atoms with van der Waals surface area (Å²) >= 11 is 0. The Balaban J connectivity index is 2.36. The van der Waals surface area contributed by atoms with Crippen LogP contribution in [0.1, 0.15) is 16.7 Å². The lowest BCUT2D eigenvalue weighted by molar-refractivity contribution is 0.350. The minimum atomic E-state index is -0.292. The third kappa shape index (κ3) is 3.71. The molecule has 0 bridgehead atoms. The lowest BCUT2D eigenvalue weighted by atomic mass is 10.1. The van der Waals surface area contributed by atoms with Crippen LogP contribution in [0.4, 0.5) is 0 Å². The fourth-order valence-electron chi connectivity index (χ4n) is 1.96. The van der Waals surface area contributed by atoms with Gasteiger partial charge < -0.3 is 9.84 Å². The first-order chi connectivity index (χ1) is 10.1. The van der Waals surface area contributed by atoms with Gasteiger partial charge in [-0.15, -0.1) is 0 Å². The van der Waals surface area contributed by atoms with Crippen LogP contribution in [0.25, 0.3) is 0 Å². The first kappa shape index (κ1) is 14.8. The second kappa shape index (κ2) is 6.73. The van der Waals surface area contributed by atoms with E-state index < -0.39 is 0 Å². The van der Waals surface area contributed by atoms with Crippen LogP contribution in [-0.2, 0) is 6.54 Å². The number of rotatable bonds is 3. The van der Waals surface area contributed by atoms with Crippen molar-refractivity contribution < 1.29 is 9.84 Å². The van der Waals surface area contributed by atoms with E-state index in [4.69, 9.17) is 9.84 Å². The maximum Gasteiger partial charge on any atom is 0.347 e. The Labute approximate surface area is 122 Å². The van der Waals surface area contributed by atoms with Gasteiger partial charge >= 0.3 is 5.69 Å². The van der Waals surface area contributed by atoms with Gasteiger partial charge in [0.05, 0.1) is 19.2 Å². The van der Waals surface area contributed by atoms with Crippen molar-refractivity contribution in [1.82, 2.24) is 9.55 Å². The predicted octanol–water partition coefficient (Wildman–Crippen LogP) is 0.952. The summed E-state index contributed by atoms with van der Waals surface area (Å²) in [7, 11) is 1.56. The molecule has 0 atom stereocenters. The van der Waals surface area contributed by atoms with Crippen molar-refractivity contribution in [1.29, 1.82) is 0 Å². The van der Waals surface area contributed by atoms with Crippen LogP contribution in [0.2, 0.25) is 0 Å². The summed E-state index contributed by atoms with van der Waals surface area (Å²) in [4.78, 5) is 15.5. The second-order valence-corrected chi connectivity index (χ2v) is 4.54. The Bertz CT molecular complexity index is 754. The molecule has 0 saturated heterocycles. The molecule has 2 aromatic rings. The Morgan fingerprint density at radius 1 is 1.43 bits per heavy atom. The van der Waals surface area contributed by atoms with Crippen molar-refractivity contribution in [3.63, 3.8) is 0 Å². The number of nitrogens with zero attached hydrogens (tertiary/aromatic N) is 2. The summed E-state index contributed by atoms with van der Waals surface area (Å²) < 4.78 is 6.77. The summed E-state index contributed by atoms with van der Waals surface area (Å²) in [5.74, 6) is 6.07. The van der Waals surface area contributed by atoms with Gasteiger partial charge in [-0.1, -0.05) is 17.9 Å². The molecule has 1 heterocycles. The first-order valence-corrected chi connectivity index (χ1v) is 6.44. The highest BCUT2D eigenvalue weighted by Crippen LogP contribution is 2.19. The number of aromatic nitrogens is 2. The maximum atomic E-state index is 11.7. The molecule has 2 rings (SSSR count). The van der Waals surface area contributed by atoms with Crippen molar-refractivity contribution in [2.45, 2.75) is 13.5 Å². The zero-order valence-electron chi connectivity index (χ0n) is 12.0. The van der Waals surface area contributed by atoms with Gasteiger partial charge in [0.25, 0.3) is 0 Å². The van der Waals surface area contributed by atoms with Crippen LogP contribution in [-0.4, -0.2) is 28.4 Å². The fraction of sp³-hybridized carbons (Fsp3) is 0.250. The van der Waals surface area contributed by atoms with E-state index in [1.807, 2.05) is 19.1 Å². The molecule has 0 amide bonds. The number of methoxy groups -OCH3 is 1. The van der Waals surface area contributed by atoms with E-state index >= 15 is 0 Å². The van der Waals surface area contributed by atoms with E-state index in [0.29, 0.717) is 17.9 Å². The monoisotopic (exact) mass is 284 g/mol. The molecular formula is C16H16N2O3. The molecule has 0 aliphatic heterocycles. The van der Waals surface area contributed by atoms with E-state index in [1.54, 1.807) is 30.1 Å².